The zero-order valence-corrected chi connectivity index (χ0v) is 11.8. The molecule has 1 fully saturated rings. The molecule has 0 saturated carbocycles. The fourth-order valence-corrected chi connectivity index (χ4v) is 6.04. The maximum Gasteiger partial charge on any atom is 0.0588 e. The highest BCUT2D eigenvalue weighted by molar-refractivity contribution is 6.80. The van der Waals surface area contributed by atoms with Crippen molar-refractivity contribution in [2.75, 3.05) is 13.1 Å². The second-order valence-electron chi connectivity index (χ2n) is 5.00. The average molecular weight is 225 g/mol. The summed E-state index contributed by atoms with van der Waals surface area (Å²) in [5.41, 5.74) is 1.45. The van der Waals surface area contributed by atoms with Crippen LogP contribution >= 0.6 is 0 Å². The second kappa shape index (κ2) is 5.74. The standard InChI is InChI=1S/C13H27NSi/c1-5-15(6-2,7-3)12-13(4)14-10-8-9-11-14/h4-12H2,1-3H3. The SMILES string of the molecule is C=C(C[Si](CC)(CC)CC)N1CCCC1. The summed E-state index contributed by atoms with van der Waals surface area (Å²) in [5, 5.41) is 0. The first-order valence-electron chi connectivity index (χ1n) is 6.60. The Bertz CT molecular complexity index is 194. The maximum atomic E-state index is 4.33. The molecule has 2 heteroatoms. The van der Waals surface area contributed by atoms with Crippen LogP contribution in [0.15, 0.2) is 12.3 Å². The largest absolute Gasteiger partial charge is 0.376 e. The number of allylic oxidation sites excluding steroid dienone is 1. The van der Waals surface area contributed by atoms with Gasteiger partial charge in [-0.05, 0) is 18.9 Å². The van der Waals surface area contributed by atoms with Gasteiger partial charge in [0.2, 0.25) is 0 Å². The molecule has 0 atom stereocenters. The quantitative estimate of drug-likeness (QED) is 0.615. The highest BCUT2D eigenvalue weighted by Crippen LogP contribution is 2.30. The summed E-state index contributed by atoms with van der Waals surface area (Å²) in [5.74, 6) is 0. The molecule has 1 aliphatic heterocycles. The number of nitrogens with zero attached hydrogens (tertiary/aromatic N) is 1. The second-order valence-corrected chi connectivity index (χ2v) is 10.5. The molecule has 1 aliphatic rings. The minimum absolute atomic E-state index is 0.989. The molecule has 1 heterocycles. The monoisotopic (exact) mass is 225 g/mol. The van der Waals surface area contributed by atoms with Crippen molar-refractivity contribution in [3.8, 4) is 0 Å². The summed E-state index contributed by atoms with van der Waals surface area (Å²) in [7, 11) is -0.989. The Morgan fingerprint density at radius 1 is 1.07 bits per heavy atom. The Balaban J connectivity index is 2.53. The van der Waals surface area contributed by atoms with E-state index in [0.717, 1.165) is 0 Å². The first-order chi connectivity index (χ1) is 7.17. The van der Waals surface area contributed by atoms with E-state index >= 15 is 0 Å². The molecule has 15 heavy (non-hydrogen) atoms. The maximum absolute atomic E-state index is 4.33. The van der Waals surface area contributed by atoms with Gasteiger partial charge in [-0.15, -0.1) is 0 Å². The summed E-state index contributed by atoms with van der Waals surface area (Å²) < 4.78 is 0. The lowest BCUT2D eigenvalue weighted by Crippen LogP contribution is -2.34. The minimum atomic E-state index is -0.989. The van der Waals surface area contributed by atoms with Crippen LogP contribution in [0, 0.1) is 0 Å². The van der Waals surface area contributed by atoms with Crippen LogP contribution in [0.25, 0.3) is 0 Å². The lowest BCUT2D eigenvalue weighted by molar-refractivity contribution is 0.428. The molecule has 1 rings (SSSR count). The van der Waals surface area contributed by atoms with Crippen LogP contribution in [0.4, 0.5) is 0 Å². The average Bonchev–Trinajstić information content (AvgIpc) is 2.79. The molecule has 0 spiro atoms. The Labute approximate surface area is 96.6 Å². The number of hydrogen-bond acceptors (Lipinski definition) is 1. The van der Waals surface area contributed by atoms with Crippen molar-refractivity contribution in [1.29, 1.82) is 0 Å². The number of rotatable bonds is 6. The lowest BCUT2D eigenvalue weighted by atomic mass is 10.4. The van der Waals surface area contributed by atoms with Crippen molar-refractivity contribution in [2.24, 2.45) is 0 Å². The predicted octanol–water partition coefficient (Wildman–Crippen LogP) is 4.10. The fraction of sp³-hybridized carbons (Fsp3) is 0.846. The molecule has 0 unspecified atom stereocenters. The van der Waals surface area contributed by atoms with Gasteiger partial charge in [0.15, 0.2) is 0 Å². The first kappa shape index (κ1) is 12.8. The third kappa shape index (κ3) is 3.10. The molecule has 0 aromatic heterocycles. The zero-order chi connectivity index (χ0) is 11.3. The van der Waals surface area contributed by atoms with E-state index in [-0.39, 0.29) is 0 Å². The molecular weight excluding hydrogens is 198 g/mol. The van der Waals surface area contributed by atoms with E-state index in [2.05, 4.69) is 32.3 Å². The van der Waals surface area contributed by atoms with E-state index in [1.165, 1.54) is 55.8 Å². The van der Waals surface area contributed by atoms with E-state index in [1.807, 2.05) is 0 Å². The van der Waals surface area contributed by atoms with Crippen molar-refractivity contribution >= 4 is 8.07 Å². The number of hydrogen-bond donors (Lipinski definition) is 0. The van der Waals surface area contributed by atoms with E-state index in [4.69, 9.17) is 0 Å². The Morgan fingerprint density at radius 2 is 1.53 bits per heavy atom. The highest BCUT2D eigenvalue weighted by Gasteiger charge is 2.29. The van der Waals surface area contributed by atoms with Crippen LogP contribution in [-0.2, 0) is 0 Å². The normalized spacial score (nSPS) is 17.1. The van der Waals surface area contributed by atoms with Gasteiger partial charge in [-0.1, -0.05) is 45.5 Å². The van der Waals surface area contributed by atoms with E-state index in [9.17, 15) is 0 Å². The van der Waals surface area contributed by atoms with Crippen molar-refractivity contribution in [3.05, 3.63) is 12.3 Å². The molecule has 0 aromatic rings. The van der Waals surface area contributed by atoms with Crippen LogP contribution in [0.5, 0.6) is 0 Å². The van der Waals surface area contributed by atoms with Gasteiger partial charge >= 0.3 is 0 Å². The van der Waals surface area contributed by atoms with Gasteiger partial charge in [0.1, 0.15) is 0 Å². The Morgan fingerprint density at radius 3 is 1.93 bits per heavy atom. The van der Waals surface area contributed by atoms with Gasteiger partial charge in [0, 0.05) is 18.8 Å². The molecule has 1 saturated heterocycles. The van der Waals surface area contributed by atoms with Gasteiger partial charge in [0.05, 0.1) is 8.07 Å². The Kier molecular flexibility index (Phi) is 4.90. The molecule has 1 nitrogen and oxygen atoms in total. The lowest BCUT2D eigenvalue weighted by Gasteiger charge is -2.32. The summed E-state index contributed by atoms with van der Waals surface area (Å²) in [6, 6.07) is 5.61. The van der Waals surface area contributed by atoms with Crippen molar-refractivity contribution in [1.82, 2.24) is 4.90 Å². The summed E-state index contributed by atoms with van der Waals surface area (Å²) in [6.07, 6.45) is 2.75. The van der Waals surface area contributed by atoms with Gasteiger partial charge in [-0.25, -0.2) is 0 Å². The van der Waals surface area contributed by atoms with Gasteiger partial charge in [0.25, 0.3) is 0 Å². The Hall–Kier alpha value is -0.243. The van der Waals surface area contributed by atoms with Crippen LogP contribution in [0.3, 0.4) is 0 Å². The molecule has 0 amide bonds. The molecular formula is C13H27NSi. The van der Waals surface area contributed by atoms with Gasteiger partial charge in [-0.3, -0.25) is 0 Å². The topological polar surface area (TPSA) is 3.24 Å². The smallest absolute Gasteiger partial charge is 0.0588 e. The van der Waals surface area contributed by atoms with Crippen LogP contribution in [0.2, 0.25) is 24.2 Å². The summed E-state index contributed by atoms with van der Waals surface area (Å²) in [4.78, 5) is 2.53. The molecule has 0 N–H and O–H groups in total. The highest BCUT2D eigenvalue weighted by atomic mass is 28.3. The fourth-order valence-electron chi connectivity index (χ4n) is 2.70. The van der Waals surface area contributed by atoms with Crippen molar-refractivity contribution in [3.63, 3.8) is 0 Å². The van der Waals surface area contributed by atoms with Gasteiger partial charge < -0.3 is 4.90 Å². The molecule has 0 aliphatic carbocycles. The molecule has 0 bridgehead atoms. The molecule has 88 valence electrons. The van der Waals surface area contributed by atoms with E-state index < -0.39 is 8.07 Å². The predicted molar refractivity (Wildman–Crippen MR) is 72.0 cm³/mol. The first-order valence-corrected chi connectivity index (χ1v) is 9.43. The third-order valence-corrected chi connectivity index (χ3v) is 10.0. The zero-order valence-electron chi connectivity index (χ0n) is 10.8. The number of likely N-dealkylation sites (tertiary alicyclic amines) is 1. The van der Waals surface area contributed by atoms with E-state index in [0.29, 0.717) is 0 Å². The third-order valence-electron chi connectivity index (χ3n) is 4.38. The van der Waals surface area contributed by atoms with Crippen LogP contribution in [0.1, 0.15) is 33.6 Å². The van der Waals surface area contributed by atoms with Crippen molar-refractivity contribution in [2.45, 2.75) is 57.8 Å². The van der Waals surface area contributed by atoms with Crippen LogP contribution < -0.4 is 0 Å². The van der Waals surface area contributed by atoms with Crippen molar-refractivity contribution < 1.29 is 0 Å². The van der Waals surface area contributed by atoms with E-state index in [1.54, 1.807) is 0 Å². The molecule has 0 radical (unpaired) electrons. The minimum Gasteiger partial charge on any atom is -0.376 e. The van der Waals surface area contributed by atoms with Gasteiger partial charge in [-0.2, -0.15) is 0 Å². The van der Waals surface area contributed by atoms with Crippen LogP contribution in [-0.4, -0.2) is 26.1 Å². The summed E-state index contributed by atoms with van der Waals surface area (Å²) >= 11 is 0. The summed E-state index contributed by atoms with van der Waals surface area (Å²) in [6.45, 7) is 14.0. The molecule has 0 aromatic carbocycles.